The zero-order valence-electron chi connectivity index (χ0n) is 14.8. The van der Waals surface area contributed by atoms with Crippen molar-refractivity contribution in [1.29, 1.82) is 0 Å². The van der Waals surface area contributed by atoms with Crippen molar-refractivity contribution in [2.75, 3.05) is 12.1 Å². The van der Waals surface area contributed by atoms with Crippen molar-refractivity contribution in [1.82, 2.24) is 10.3 Å². The summed E-state index contributed by atoms with van der Waals surface area (Å²) in [6.45, 7) is 2.18. The Bertz CT molecular complexity index is 960. The topological polar surface area (TPSA) is 72.5 Å². The molecule has 2 heterocycles. The van der Waals surface area contributed by atoms with E-state index in [2.05, 4.69) is 15.6 Å². The maximum absolute atomic E-state index is 12.5. The molecule has 2 N–H and O–H groups in total. The van der Waals surface area contributed by atoms with E-state index in [0.29, 0.717) is 11.4 Å². The number of benzene rings is 2. The molecule has 2 aromatic carbocycles. The summed E-state index contributed by atoms with van der Waals surface area (Å²) in [7, 11) is 0. The zero-order valence-corrected chi connectivity index (χ0v) is 14.8. The van der Waals surface area contributed by atoms with Gasteiger partial charge in [0.2, 0.25) is 6.79 Å². The molecule has 1 amide bonds. The molecular formula is C21H19N3O3. The van der Waals surface area contributed by atoms with Gasteiger partial charge in [-0.05, 0) is 36.8 Å². The number of pyridine rings is 1. The van der Waals surface area contributed by atoms with E-state index in [1.54, 1.807) is 12.3 Å². The van der Waals surface area contributed by atoms with Crippen LogP contribution in [0, 0.1) is 0 Å². The highest BCUT2D eigenvalue weighted by atomic mass is 16.7. The number of carbonyl (C=O) groups excluding carboxylic acids is 1. The maximum Gasteiger partial charge on any atom is 0.270 e. The Kier molecular flexibility index (Phi) is 4.61. The summed E-state index contributed by atoms with van der Waals surface area (Å²) in [6, 6.07) is 18.8. The second-order valence-corrected chi connectivity index (χ2v) is 6.23. The van der Waals surface area contributed by atoms with Crippen LogP contribution >= 0.6 is 0 Å². The molecule has 0 aliphatic carbocycles. The number of hydrogen-bond donors (Lipinski definition) is 2. The number of ether oxygens (including phenoxy) is 2. The number of anilines is 2. The van der Waals surface area contributed by atoms with E-state index in [1.165, 1.54) is 0 Å². The van der Waals surface area contributed by atoms with Crippen LogP contribution in [0.15, 0.2) is 66.9 Å². The van der Waals surface area contributed by atoms with Crippen LogP contribution in [0.3, 0.4) is 0 Å². The highest BCUT2D eigenvalue weighted by molar-refractivity contribution is 5.93. The maximum atomic E-state index is 12.5. The zero-order chi connectivity index (χ0) is 18.6. The number of rotatable bonds is 5. The first kappa shape index (κ1) is 16.9. The van der Waals surface area contributed by atoms with Crippen molar-refractivity contribution in [3.8, 4) is 11.5 Å². The van der Waals surface area contributed by atoms with E-state index in [-0.39, 0.29) is 18.7 Å². The Hall–Kier alpha value is -3.54. The third-order valence-corrected chi connectivity index (χ3v) is 4.30. The minimum Gasteiger partial charge on any atom is -0.454 e. The van der Waals surface area contributed by atoms with Crippen LogP contribution in [-0.4, -0.2) is 17.7 Å². The van der Waals surface area contributed by atoms with Crippen molar-refractivity contribution in [3.05, 3.63) is 78.1 Å². The minimum absolute atomic E-state index is 0.106. The van der Waals surface area contributed by atoms with E-state index < -0.39 is 0 Å². The Morgan fingerprint density at radius 1 is 1.00 bits per heavy atom. The largest absolute Gasteiger partial charge is 0.454 e. The van der Waals surface area contributed by atoms with Crippen LogP contribution in [0.5, 0.6) is 11.5 Å². The van der Waals surface area contributed by atoms with Gasteiger partial charge in [-0.1, -0.05) is 30.3 Å². The Morgan fingerprint density at radius 2 is 1.78 bits per heavy atom. The van der Waals surface area contributed by atoms with Crippen LogP contribution < -0.4 is 20.1 Å². The smallest absolute Gasteiger partial charge is 0.270 e. The summed E-state index contributed by atoms with van der Waals surface area (Å²) in [5.41, 5.74) is 3.00. The van der Waals surface area contributed by atoms with Gasteiger partial charge in [0.25, 0.3) is 5.91 Å². The fourth-order valence-electron chi connectivity index (χ4n) is 2.87. The van der Waals surface area contributed by atoms with Gasteiger partial charge in [0.05, 0.1) is 6.04 Å². The SMILES string of the molecule is CC(NC(=O)c1cc(Nc2ccc3c(c2)OCO3)ccn1)c1ccccc1. The predicted octanol–water partition coefficient (Wildman–Crippen LogP) is 4.04. The molecule has 0 spiro atoms. The summed E-state index contributed by atoms with van der Waals surface area (Å²) in [6.07, 6.45) is 1.61. The van der Waals surface area contributed by atoms with Gasteiger partial charge in [0.15, 0.2) is 11.5 Å². The lowest BCUT2D eigenvalue weighted by Crippen LogP contribution is -2.27. The molecule has 1 aliphatic rings. The number of aromatic nitrogens is 1. The van der Waals surface area contributed by atoms with E-state index >= 15 is 0 Å². The van der Waals surface area contributed by atoms with Gasteiger partial charge in [-0.2, -0.15) is 0 Å². The van der Waals surface area contributed by atoms with Gasteiger partial charge in [-0.25, -0.2) is 0 Å². The summed E-state index contributed by atoms with van der Waals surface area (Å²) in [5.74, 6) is 1.20. The lowest BCUT2D eigenvalue weighted by Gasteiger charge is -2.14. The number of fused-ring (bicyclic) bond motifs is 1. The standard InChI is InChI=1S/C21H19N3O3/c1-14(15-5-3-2-4-6-15)23-21(25)18-11-17(9-10-22-18)24-16-7-8-19-20(12-16)27-13-26-19/h2-12,14H,13H2,1H3,(H,22,24)(H,23,25). The number of nitrogens with one attached hydrogen (secondary N) is 2. The van der Waals surface area contributed by atoms with Crippen LogP contribution in [0.1, 0.15) is 29.0 Å². The molecular weight excluding hydrogens is 342 g/mol. The summed E-state index contributed by atoms with van der Waals surface area (Å²) < 4.78 is 10.7. The monoisotopic (exact) mass is 361 g/mol. The first-order valence-corrected chi connectivity index (χ1v) is 8.67. The second kappa shape index (κ2) is 7.37. The Balaban J connectivity index is 1.46. The van der Waals surface area contributed by atoms with E-state index in [9.17, 15) is 4.79 Å². The van der Waals surface area contributed by atoms with Gasteiger partial charge in [0, 0.05) is 23.6 Å². The Morgan fingerprint density at radius 3 is 2.63 bits per heavy atom. The normalized spacial score (nSPS) is 13.1. The van der Waals surface area contributed by atoms with Crippen molar-refractivity contribution in [3.63, 3.8) is 0 Å². The Labute approximate surface area is 157 Å². The molecule has 1 aliphatic heterocycles. The van der Waals surface area contributed by atoms with Gasteiger partial charge in [-0.3, -0.25) is 9.78 Å². The van der Waals surface area contributed by atoms with Crippen molar-refractivity contribution >= 4 is 17.3 Å². The molecule has 0 radical (unpaired) electrons. The molecule has 0 bridgehead atoms. The molecule has 0 saturated carbocycles. The molecule has 1 atom stereocenters. The molecule has 6 heteroatoms. The first-order valence-electron chi connectivity index (χ1n) is 8.67. The number of nitrogens with zero attached hydrogens (tertiary/aromatic N) is 1. The average molecular weight is 361 g/mol. The molecule has 27 heavy (non-hydrogen) atoms. The summed E-state index contributed by atoms with van der Waals surface area (Å²) >= 11 is 0. The summed E-state index contributed by atoms with van der Waals surface area (Å²) in [5, 5.41) is 6.23. The fourth-order valence-corrected chi connectivity index (χ4v) is 2.87. The number of carbonyl (C=O) groups is 1. The van der Waals surface area contributed by atoms with Gasteiger partial charge in [-0.15, -0.1) is 0 Å². The first-order chi connectivity index (χ1) is 13.2. The molecule has 0 saturated heterocycles. The minimum atomic E-state index is -0.222. The third kappa shape index (κ3) is 3.84. The highest BCUT2D eigenvalue weighted by Crippen LogP contribution is 2.35. The van der Waals surface area contributed by atoms with E-state index in [1.807, 2.05) is 61.5 Å². The van der Waals surface area contributed by atoms with Crippen molar-refractivity contribution in [2.45, 2.75) is 13.0 Å². The van der Waals surface area contributed by atoms with Crippen LogP contribution in [0.2, 0.25) is 0 Å². The molecule has 0 fully saturated rings. The fraction of sp³-hybridized carbons (Fsp3) is 0.143. The molecule has 1 aromatic heterocycles. The third-order valence-electron chi connectivity index (χ3n) is 4.30. The molecule has 3 aromatic rings. The lowest BCUT2D eigenvalue weighted by atomic mass is 10.1. The van der Waals surface area contributed by atoms with Crippen molar-refractivity contribution < 1.29 is 14.3 Å². The van der Waals surface area contributed by atoms with E-state index in [4.69, 9.17) is 9.47 Å². The number of amides is 1. The molecule has 4 rings (SSSR count). The lowest BCUT2D eigenvalue weighted by molar-refractivity contribution is 0.0935. The van der Waals surface area contributed by atoms with Gasteiger partial charge in [0.1, 0.15) is 5.69 Å². The second-order valence-electron chi connectivity index (χ2n) is 6.23. The van der Waals surface area contributed by atoms with Crippen LogP contribution in [0.4, 0.5) is 11.4 Å². The highest BCUT2D eigenvalue weighted by Gasteiger charge is 2.15. The van der Waals surface area contributed by atoms with Crippen LogP contribution in [-0.2, 0) is 0 Å². The van der Waals surface area contributed by atoms with E-state index in [0.717, 1.165) is 22.7 Å². The number of hydrogen-bond acceptors (Lipinski definition) is 5. The summed E-state index contributed by atoms with van der Waals surface area (Å²) in [4.78, 5) is 16.7. The van der Waals surface area contributed by atoms with Crippen LogP contribution in [0.25, 0.3) is 0 Å². The van der Waals surface area contributed by atoms with Gasteiger partial charge < -0.3 is 20.1 Å². The quantitative estimate of drug-likeness (QED) is 0.717. The molecule has 136 valence electrons. The molecule has 1 unspecified atom stereocenters. The average Bonchev–Trinajstić information content (AvgIpc) is 3.16. The van der Waals surface area contributed by atoms with Crippen molar-refractivity contribution in [2.24, 2.45) is 0 Å². The predicted molar refractivity (Wildman–Crippen MR) is 102 cm³/mol. The molecule has 6 nitrogen and oxygen atoms in total. The van der Waals surface area contributed by atoms with Gasteiger partial charge >= 0.3 is 0 Å².